The van der Waals surface area contributed by atoms with Gasteiger partial charge in [-0.3, -0.25) is 0 Å². The van der Waals surface area contributed by atoms with Gasteiger partial charge >= 0.3 is 0 Å². The number of nitrogens with zero attached hydrogens (tertiary/aromatic N) is 1. The second-order valence-corrected chi connectivity index (χ2v) is 4.87. The summed E-state index contributed by atoms with van der Waals surface area (Å²) in [5.41, 5.74) is 7.56. The lowest BCUT2D eigenvalue weighted by atomic mass is 10.2. The van der Waals surface area contributed by atoms with E-state index in [2.05, 4.69) is 4.90 Å². The highest BCUT2D eigenvalue weighted by atomic mass is 16.5. The summed E-state index contributed by atoms with van der Waals surface area (Å²) in [6.45, 7) is 4.15. The lowest BCUT2D eigenvalue weighted by Gasteiger charge is -2.25. The first-order valence-electron chi connectivity index (χ1n) is 7.83. The standard InChI is InChI=1S/C16H28N2O5/c17-15-2-1-3-16(14-15)18(4-8-21-10-6-19)5-9-22-12-13-23-11-7-20/h1-3,14,19-20H,4-13,17H2. The molecule has 7 heteroatoms. The van der Waals surface area contributed by atoms with Crippen LogP contribution in [0.25, 0.3) is 0 Å². The zero-order valence-electron chi connectivity index (χ0n) is 13.5. The quantitative estimate of drug-likeness (QED) is 0.329. The zero-order valence-corrected chi connectivity index (χ0v) is 13.5. The summed E-state index contributed by atoms with van der Waals surface area (Å²) >= 11 is 0. The lowest BCUT2D eigenvalue weighted by molar-refractivity contribution is 0.0347. The Morgan fingerprint density at radius 3 is 1.96 bits per heavy atom. The molecule has 0 heterocycles. The molecule has 0 unspecified atom stereocenters. The second-order valence-electron chi connectivity index (χ2n) is 4.87. The van der Waals surface area contributed by atoms with Crippen molar-refractivity contribution in [2.75, 3.05) is 76.6 Å². The molecule has 0 bridgehead atoms. The van der Waals surface area contributed by atoms with Crippen LogP contribution in [-0.2, 0) is 14.2 Å². The van der Waals surface area contributed by atoms with E-state index in [0.29, 0.717) is 58.4 Å². The molecular weight excluding hydrogens is 300 g/mol. The highest BCUT2D eigenvalue weighted by Gasteiger charge is 2.07. The normalized spacial score (nSPS) is 10.9. The van der Waals surface area contributed by atoms with Crippen LogP contribution in [0.4, 0.5) is 11.4 Å². The summed E-state index contributed by atoms with van der Waals surface area (Å²) in [7, 11) is 0. The van der Waals surface area contributed by atoms with Gasteiger partial charge < -0.3 is 35.1 Å². The molecule has 1 aromatic rings. The molecule has 4 N–H and O–H groups in total. The number of anilines is 2. The molecule has 0 atom stereocenters. The molecule has 0 spiro atoms. The predicted molar refractivity (Wildman–Crippen MR) is 89.7 cm³/mol. The van der Waals surface area contributed by atoms with E-state index in [0.717, 1.165) is 5.69 Å². The molecule has 0 aromatic heterocycles. The van der Waals surface area contributed by atoms with Crippen LogP contribution in [0, 0.1) is 0 Å². The minimum atomic E-state index is 0.0231. The zero-order chi connectivity index (χ0) is 16.8. The highest BCUT2D eigenvalue weighted by Crippen LogP contribution is 2.17. The van der Waals surface area contributed by atoms with E-state index in [9.17, 15) is 0 Å². The maximum atomic E-state index is 8.74. The van der Waals surface area contributed by atoms with E-state index in [4.69, 9.17) is 30.2 Å². The Labute approximate surface area is 137 Å². The number of nitrogens with two attached hydrogens (primary N) is 1. The minimum absolute atomic E-state index is 0.0231. The molecule has 0 saturated carbocycles. The van der Waals surface area contributed by atoms with Crippen molar-refractivity contribution in [3.05, 3.63) is 24.3 Å². The Balaban J connectivity index is 2.35. The van der Waals surface area contributed by atoms with Gasteiger partial charge in [0.1, 0.15) is 0 Å². The van der Waals surface area contributed by atoms with Gasteiger partial charge in [-0.05, 0) is 18.2 Å². The summed E-state index contributed by atoms with van der Waals surface area (Å²) in [5.74, 6) is 0. The topological polar surface area (TPSA) is 97.4 Å². The van der Waals surface area contributed by atoms with Gasteiger partial charge in [0.2, 0.25) is 0 Å². The molecule has 0 saturated heterocycles. The number of rotatable bonds is 14. The molecule has 0 amide bonds. The highest BCUT2D eigenvalue weighted by molar-refractivity contribution is 5.55. The maximum absolute atomic E-state index is 8.74. The van der Waals surface area contributed by atoms with E-state index < -0.39 is 0 Å². The van der Waals surface area contributed by atoms with Gasteiger partial charge in [-0.15, -0.1) is 0 Å². The molecule has 0 aliphatic carbocycles. The van der Waals surface area contributed by atoms with Gasteiger partial charge in [-0.1, -0.05) is 6.07 Å². The average molecular weight is 328 g/mol. The van der Waals surface area contributed by atoms with Crippen molar-refractivity contribution >= 4 is 11.4 Å². The first-order valence-corrected chi connectivity index (χ1v) is 7.83. The molecule has 0 fully saturated rings. The maximum Gasteiger partial charge on any atom is 0.0701 e. The average Bonchev–Trinajstić information content (AvgIpc) is 2.56. The fourth-order valence-electron chi connectivity index (χ4n) is 1.99. The number of hydrogen-bond donors (Lipinski definition) is 3. The van der Waals surface area contributed by atoms with Gasteiger partial charge in [-0.25, -0.2) is 0 Å². The number of benzene rings is 1. The minimum Gasteiger partial charge on any atom is -0.399 e. The smallest absolute Gasteiger partial charge is 0.0701 e. The van der Waals surface area contributed by atoms with Gasteiger partial charge in [0, 0.05) is 24.5 Å². The van der Waals surface area contributed by atoms with Crippen LogP contribution in [-0.4, -0.2) is 76.2 Å². The molecular formula is C16H28N2O5. The number of aliphatic hydroxyl groups is 2. The second kappa shape index (κ2) is 13.1. The van der Waals surface area contributed by atoms with Crippen molar-refractivity contribution < 1.29 is 24.4 Å². The molecule has 23 heavy (non-hydrogen) atoms. The molecule has 0 radical (unpaired) electrons. The van der Waals surface area contributed by atoms with Gasteiger partial charge in [-0.2, -0.15) is 0 Å². The number of hydrogen-bond acceptors (Lipinski definition) is 7. The Hall–Kier alpha value is -1.38. The fraction of sp³-hybridized carbons (Fsp3) is 0.625. The first kappa shape index (κ1) is 19.7. The van der Waals surface area contributed by atoms with Crippen molar-refractivity contribution in [1.29, 1.82) is 0 Å². The summed E-state index contributed by atoms with van der Waals surface area (Å²) in [6, 6.07) is 7.66. The van der Waals surface area contributed by atoms with Crippen molar-refractivity contribution in [1.82, 2.24) is 0 Å². The third-order valence-corrected chi connectivity index (χ3v) is 3.09. The molecule has 1 aromatic carbocycles. The molecule has 0 aliphatic rings. The molecule has 0 aliphatic heterocycles. The van der Waals surface area contributed by atoms with E-state index >= 15 is 0 Å². The van der Waals surface area contributed by atoms with Gasteiger partial charge in [0.15, 0.2) is 0 Å². The number of ether oxygens (including phenoxy) is 3. The van der Waals surface area contributed by atoms with Crippen LogP contribution in [0.1, 0.15) is 0 Å². The van der Waals surface area contributed by atoms with Crippen molar-refractivity contribution in [3.63, 3.8) is 0 Å². The molecule has 7 nitrogen and oxygen atoms in total. The van der Waals surface area contributed by atoms with Crippen molar-refractivity contribution in [2.24, 2.45) is 0 Å². The Kier molecular flexibility index (Phi) is 11.2. The van der Waals surface area contributed by atoms with Crippen LogP contribution in [0.3, 0.4) is 0 Å². The number of nitrogen functional groups attached to an aromatic ring is 1. The summed E-state index contributed by atoms with van der Waals surface area (Å²) in [5, 5.41) is 17.3. The molecule has 132 valence electrons. The van der Waals surface area contributed by atoms with Crippen LogP contribution in [0.15, 0.2) is 24.3 Å². The summed E-state index contributed by atoms with van der Waals surface area (Å²) < 4.78 is 16.0. The Morgan fingerprint density at radius 2 is 1.39 bits per heavy atom. The SMILES string of the molecule is Nc1cccc(N(CCOCCO)CCOCCOCCO)c1. The van der Waals surface area contributed by atoms with Crippen LogP contribution < -0.4 is 10.6 Å². The van der Waals surface area contributed by atoms with Crippen molar-refractivity contribution in [2.45, 2.75) is 0 Å². The monoisotopic (exact) mass is 328 g/mol. The van der Waals surface area contributed by atoms with E-state index in [1.54, 1.807) is 0 Å². The largest absolute Gasteiger partial charge is 0.399 e. The summed E-state index contributed by atoms with van der Waals surface area (Å²) in [6.07, 6.45) is 0. The third-order valence-electron chi connectivity index (χ3n) is 3.09. The van der Waals surface area contributed by atoms with Crippen LogP contribution in [0.5, 0.6) is 0 Å². The fourth-order valence-corrected chi connectivity index (χ4v) is 1.99. The third kappa shape index (κ3) is 9.37. The molecule has 1 rings (SSSR count). The van der Waals surface area contributed by atoms with E-state index in [-0.39, 0.29) is 13.2 Å². The van der Waals surface area contributed by atoms with Crippen LogP contribution in [0.2, 0.25) is 0 Å². The number of aliphatic hydroxyl groups excluding tert-OH is 2. The predicted octanol–water partition coefficient (Wildman–Crippen LogP) is 0.110. The first-order chi connectivity index (χ1) is 11.3. The van der Waals surface area contributed by atoms with Gasteiger partial charge in [0.05, 0.1) is 52.9 Å². The Bertz CT molecular complexity index is 406. The van der Waals surface area contributed by atoms with Gasteiger partial charge in [0.25, 0.3) is 0 Å². The van der Waals surface area contributed by atoms with E-state index in [1.165, 1.54) is 0 Å². The van der Waals surface area contributed by atoms with Crippen molar-refractivity contribution in [3.8, 4) is 0 Å². The summed E-state index contributed by atoms with van der Waals surface area (Å²) in [4.78, 5) is 2.13. The Morgan fingerprint density at radius 1 is 0.826 bits per heavy atom. The lowest BCUT2D eigenvalue weighted by Crippen LogP contribution is -2.31. The van der Waals surface area contributed by atoms with Crippen LogP contribution >= 0.6 is 0 Å². The van der Waals surface area contributed by atoms with E-state index in [1.807, 2.05) is 24.3 Å².